The first-order valence-electron chi connectivity index (χ1n) is 11.5. The van der Waals surface area contributed by atoms with E-state index in [9.17, 15) is 9.59 Å². The molecule has 0 spiro atoms. The number of benzene rings is 1. The first-order chi connectivity index (χ1) is 14.9. The second-order valence-electron chi connectivity index (χ2n) is 8.97. The molecule has 1 aliphatic carbocycles. The average Bonchev–Trinajstić information content (AvgIpc) is 3.40. The highest BCUT2D eigenvalue weighted by molar-refractivity contribution is 14.0. The van der Waals surface area contributed by atoms with Crippen LogP contribution < -0.4 is 10.6 Å². The zero-order valence-corrected chi connectivity index (χ0v) is 22.0. The van der Waals surface area contributed by atoms with E-state index in [2.05, 4.69) is 34.9 Å². The Labute approximate surface area is 209 Å². The van der Waals surface area contributed by atoms with Crippen molar-refractivity contribution in [1.29, 1.82) is 0 Å². The third-order valence-corrected chi connectivity index (χ3v) is 6.35. The number of carbonyl (C=O) groups is 2. The molecule has 1 heterocycles. The van der Waals surface area contributed by atoms with E-state index in [1.54, 1.807) is 4.90 Å². The van der Waals surface area contributed by atoms with Crippen molar-refractivity contribution in [3.05, 3.63) is 35.4 Å². The van der Waals surface area contributed by atoms with E-state index < -0.39 is 0 Å². The molecule has 1 saturated carbocycles. The molecule has 2 N–H and O–H groups in total. The predicted molar refractivity (Wildman–Crippen MR) is 139 cm³/mol. The molecule has 8 heteroatoms. The average molecular weight is 556 g/mol. The molecule has 0 atom stereocenters. The zero-order valence-electron chi connectivity index (χ0n) is 19.7. The van der Waals surface area contributed by atoms with Gasteiger partial charge in [0.15, 0.2) is 5.96 Å². The van der Waals surface area contributed by atoms with Gasteiger partial charge in [0.1, 0.15) is 0 Å². The quantitative estimate of drug-likeness (QED) is 0.294. The van der Waals surface area contributed by atoms with E-state index in [0.29, 0.717) is 26.1 Å². The van der Waals surface area contributed by atoms with Crippen LogP contribution in [0.2, 0.25) is 0 Å². The number of likely N-dealkylation sites (tertiary alicyclic amines) is 1. The van der Waals surface area contributed by atoms with E-state index in [1.165, 1.54) is 0 Å². The standard InChI is InChI=1S/C24H37N5O2.HI/c1-4-25-23(27-18-24(13-5-6-14-24)22(31)28(2)3)26-16-19-9-11-20(12-10-19)17-29-15-7-8-21(29)30;/h9-12H,4-8,13-18H2,1-3H3,(H2,25,26,27);1H. The first-order valence-corrected chi connectivity index (χ1v) is 11.5. The van der Waals surface area contributed by atoms with Crippen LogP contribution in [-0.2, 0) is 22.7 Å². The van der Waals surface area contributed by atoms with Crippen molar-refractivity contribution in [3.63, 3.8) is 0 Å². The Morgan fingerprint density at radius 1 is 1.09 bits per heavy atom. The van der Waals surface area contributed by atoms with Gasteiger partial charge in [-0.05, 0) is 37.3 Å². The zero-order chi connectivity index (χ0) is 22.3. The fourth-order valence-electron chi connectivity index (χ4n) is 4.60. The van der Waals surface area contributed by atoms with Gasteiger partial charge in [0.05, 0.1) is 12.0 Å². The topological polar surface area (TPSA) is 77.0 Å². The van der Waals surface area contributed by atoms with Gasteiger partial charge in [0, 0.05) is 46.7 Å². The van der Waals surface area contributed by atoms with Crippen molar-refractivity contribution < 1.29 is 9.59 Å². The van der Waals surface area contributed by atoms with Crippen LogP contribution in [-0.4, -0.2) is 61.3 Å². The Bertz CT molecular complexity index is 788. The van der Waals surface area contributed by atoms with Gasteiger partial charge in [-0.3, -0.25) is 9.59 Å². The number of amides is 2. The van der Waals surface area contributed by atoms with Gasteiger partial charge in [0.25, 0.3) is 0 Å². The van der Waals surface area contributed by atoms with Gasteiger partial charge in [-0.1, -0.05) is 37.1 Å². The third-order valence-electron chi connectivity index (χ3n) is 6.35. The molecule has 1 aromatic carbocycles. The van der Waals surface area contributed by atoms with Crippen LogP contribution in [0.3, 0.4) is 0 Å². The summed E-state index contributed by atoms with van der Waals surface area (Å²) < 4.78 is 0. The number of nitrogens with one attached hydrogen (secondary N) is 2. The Morgan fingerprint density at radius 2 is 1.75 bits per heavy atom. The maximum absolute atomic E-state index is 12.8. The summed E-state index contributed by atoms with van der Waals surface area (Å²) >= 11 is 0. The van der Waals surface area contributed by atoms with Crippen molar-refractivity contribution in [3.8, 4) is 0 Å². The van der Waals surface area contributed by atoms with E-state index in [-0.39, 0.29) is 41.2 Å². The molecule has 0 unspecified atom stereocenters. The smallest absolute Gasteiger partial charge is 0.230 e. The van der Waals surface area contributed by atoms with E-state index >= 15 is 0 Å². The molecule has 1 aliphatic heterocycles. The molecule has 1 saturated heterocycles. The molecule has 7 nitrogen and oxygen atoms in total. The first kappa shape index (κ1) is 26.4. The van der Waals surface area contributed by atoms with Crippen LogP contribution >= 0.6 is 24.0 Å². The summed E-state index contributed by atoms with van der Waals surface area (Å²) in [5.41, 5.74) is 1.95. The molecule has 1 aromatic rings. The molecular weight excluding hydrogens is 517 g/mol. The molecule has 0 radical (unpaired) electrons. The van der Waals surface area contributed by atoms with Crippen LogP contribution in [0.25, 0.3) is 0 Å². The van der Waals surface area contributed by atoms with Crippen LogP contribution in [0, 0.1) is 5.41 Å². The highest BCUT2D eigenvalue weighted by Gasteiger charge is 2.42. The number of hydrogen-bond acceptors (Lipinski definition) is 3. The molecule has 32 heavy (non-hydrogen) atoms. The molecular formula is C24H38IN5O2. The highest BCUT2D eigenvalue weighted by atomic mass is 127. The number of aliphatic imine (C=N–C) groups is 1. The van der Waals surface area contributed by atoms with Crippen LogP contribution in [0.5, 0.6) is 0 Å². The lowest BCUT2D eigenvalue weighted by molar-refractivity contribution is -0.138. The number of nitrogens with zero attached hydrogens (tertiary/aromatic N) is 3. The summed E-state index contributed by atoms with van der Waals surface area (Å²) in [6, 6.07) is 8.33. The summed E-state index contributed by atoms with van der Waals surface area (Å²) in [6.45, 7) is 5.53. The van der Waals surface area contributed by atoms with Crippen molar-refractivity contribution in [2.75, 3.05) is 33.7 Å². The highest BCUT2D eigenvalue weighted by Crippen LogP contribution is 2.38. The second-order valence-corrected chi connectivity index (χ2v) is 8.97. The molecule has 3 rings (SSSR count). The van der Waals surface area contributed by atoms with Crippen molar-refractivity contribution >= 4 is 41.8 Å². The number of guanidine groups is 1. The molecule has 0 bridgehead atoms. The lowest BCUT2D eigenvalue weighted by Crippen LogP contribution is -2.49. The summed E-state index contributed by atoms with van der Waals surface area (Å²) in [7, 11) is 3.68. The van der Waals surface area contributed by atoms with Crippen molar-refractivity contribution in [2.45, 2.75) is 58.5 Å². The van der Waals surface area contributed by atoms with Gasteiger partial charge in [0.2, 0.25) is 11.8 Å². The summed E-state index contributed by atoms with van der Waals surface area (Å²) in [5.74, 6) is 1.20. The van der Waals surface area contributed by atoms with E-state index in [4.69, 9.17) is 4.99 Å². The number of carbonyl (C=O) groups excluding carboxylic acids is 2. The summed E-state index contributed by atoms with van der Waals surface area (Å²) in [5, 5.41) is 6.72. The molecule has 0 aromatic heterocycles. The van der Waals surface area contributed by atoms with Gasteiger partial charge >= 0.3 is 0 Å². The minimum atomic E-state index is -0.325. The predicted octanol–water partition coefficient (Wildman–Crippen LogP) is 3.13. The third kappa shape index (κ3) is 6.83. The summed E-state index contributed by atoms with van der Waals surface area (Å²) in [6.07, 6.45) is 5.70. The Kier molecular flexibility index (Phi) is 10.2. The monoisotopic (exact) mass is 555 g/mol. The van der Waals surface area contributed by atoms with Crippen molar-refractivity contribution in [2.24, 2.45) is 10.4 Å². The van der Waals surface area contributed by atoms with E-state index in [0.717, 1.165) is 62.3 Å². The van der Waals surface area contributed by atoms with Gasteiger partial charge < -0.3 is 20.4 Å². The van der Waals surface area contributed by atoms with Gasteiger partial charge in [-0.15, -0.1) is 24.0 Å². The Morgan fingerprint density at radius 3 is 2.31 bits per heavy atom. The molecule has 2 amide bonds. The molecule has 2 aliphatic rings. The van der Waals surface area contributed by atoms with Crippen LogP contribution in [0.15, 0.2) is 29.3 Å². The van der Waals surface area contributed by atoms with Crippen molar-refractivity contribution in [1.82, 2.24) is 20.4 Å². The molecule has 2 fully saturated rings. The van der Waals surface area contributed by atoms with E-state index in [1.807, 2.05) is 25.9 Å². The van der Waals surface area contributed by atoms with Crippen LogP contribution in [0.4, 0.5) is 0 Å². The minimum absolute atomic E-state index is 0. The van der Waals surface area contributed by atoms with Gasteiger partial charge in [-0.25, -0.2) is 4.99 Å². The largest absolute Gasteiger partial charge is 0.357 e. The minimum Gasteiger partial charge on any atom is -0.357 e. The Hall–Kier alpha value is -1.84. The lowest BCUT2D eigenvalue weighted by Gasteiger charge is -2.31. The number of rotatable bonds is 8. The van der Waals surface area contributed by atoms with Crippen LogP contribution in [0.1, 0.15) is 56.6 Å². The molecule has 178 valence electrons. The Balaban J connectivity index is 0.00000363. The lowest BCUT2D eigenvalue weighted by atomic mass is 9.84. The maximum atomic E-state index is 12.8. The number of hydrogen-bond donors (Lipinski definition) is 2. The summed E-state index contributed by atoms with van der Waals surface area (Å²) in [4.78, 5) is 33.0. The van der Waals surface area contributed by atoms with Gasteiger partial charge in [-0.2, -0.15) is 0 Å². The normalized spacial score (nSPS) is 17.8. The fraction of sp³-hybridized carbons (Fsp3) is 0.625. The fourth-order valence-corrected chi connectivity index (χ4v) is 4.60. The second kappa shape index (κ2) is 12.4. The SMILES string of the molecule is CCNC(=NCc1ccc(CN2CCCC2=O)cc1)NCC1(C(=O)N(C)C)CCCC1.I. The number of halogens is 1. The maximum Gasteiger partial charge on any atom is 0.230 e.